The van der Waals surface area contributed by atoms with Gasteiger partial charge in [0.2, 0.25) is 10.0 Å². The zero-order valence-corrected chi connectivity index (χ0v) is 11.0. The molecule has 0 saturated carbocycles. The first-order valence-corrected chi connectivity index (χ1v) is 7.22. The molecule has 0 fully saturated rings. The van der Waals surface area contributed by atoms with E-state index in [1.54, 1.807) is 0 Å². The lowest BCUT2D eigenvalue weighted by Crippen LogP contribution is -2.38. The summed E-state index contributed by atoms with van der Waals surface area (Å²) in [5.41, 5.74) is 0. The standard InChI is InChI=1S/C10H24N2O2S/c1-5-9(2)10(3)12-15(13,14)8-6-7-11-4/h9-12H,5-8H2,1-4H3. The van der Waals surface area contributed by atoms with Gasteiger partial charge in [0, 0.05) is 6.04 Å². The molecular weight excluding hydrogens is 212 g/mol. The van der Waals surface area contributed by atoms with E-state index in [0.717, 1.165) is 13.0 Å². The van der Waals surface area contributed by atoms with Crippen molar-refractivity contribution in [2.75, 3.05) is 19.3 Å². The maximum Gasteiger partial charge on any atom is 0.211 e. The van der Waals surface area contributed by atoms with E-state index in [9.17, 15) is 8.42 Å². The highest BCUT2D eigenvalue weighted by atomic mass is 32.2. The Morgan fingerprint density at radius 2 is 1.87 bits per heavy atom. The Balaban J connectivity index is 4.02. The molecule has 5 heteroatoms. The minimum Gasteiger partial charge on any atom is -0.320 e. The lowest BCUT2D eigenvalue weighted by atomic mass is 10.0. The topological polar surface area (TPSA) is 58.2 Å². The molecule has 0 aromatic carbocycles. The van der Waals surface area contributed by atoms with Crippen LogP contribution in [0.4, 0.5) is 0 Å². The van der Waals surface area contributed by atoms with E-state index in [1.165, 1.54) is 0 Å². The third-order valence-corrected chi connectivity index (χ3v) is 4.26. The highest BCUT2D eigenvalue weighted by Crippen LogP contribution is 2.08. The van der Waals surface area contributed by atoms with Crippen LogP contribution in [0.25, 0.3) is 0 Å². The summed E-state index contributed by atoms with van der Waals surface area (Å²) in [6.45, 7) is 6.78. The molecule has 0 aliphatic heterocycles. The van der Waals surface area contributed by atoms with Gasteiger partial charge in [0.15, 0.2) is 0 Å². The Hall–Kier alpha value is -0.130. The fourth-order valence-corrected chi connectivity index (χ4v) is 2.69. The molecule has 0 aromatic rings. The van der Waals surface area contributed by atoms with E-state index in [-0.39, 0.29) is 11.8 Å². The van der Waals surface area contributed by atoms with Crippen molar-refractivity contribution in [3.63, 3.8) is 0 Å². The third kappa shape index (κ3) is 6.87. The molecule has 0 aliphatic rings. The number of nitrogens with one attached hydrogen (secondary N) is 2. The number of rotatable bonds is 8. The molecule has 0 spiro atoms. The van der Waals surface area contributed by atoms with E-state index in [1.807, 2.05) is 14.0 Å². The molecule has 0 radical (unpaired) electrons. The Kier molecular flexibility index (Phi) is 7.13. The highest BCUT2D eigenvalue weighted by molar-refractivity contribution is 7.89. The van der Waals surface area contributed by atoms with Gasteiger partial charge in [0.1, 0.15) is 0 Å². The number of sulfonamides is 1. The Morgan fingerprint density at radius 3 is 2.33 bits per heavy atom. The Morgan fingerprint density at radius 1 is 1.27 bits per heavy atom. The zero-order valence-electron chi connectivity index (χ0n) is 10.2. The maximum atomic E-state index is 11.6. The second-order valence-corrected chi connectivity index (χ2v) is 5.94. The van der Waals surface area contributed by atoms with Gasteiger partial charge in [0.25, 0.3) is 0 Å². The molecule has 2 atom stereocenters. The van der Waals surface area contributed by atoms with Crippen molar-refractivity contribution < 1.29 is 8.42 Å². The third-order valence-electron chi connectivity index (χ3n) is 2.70. The average Bonchev–Trinajstić information content (AvgIpc) is 2.16. The molecule has 0 bridgehead atoms. The van der Waals surface area contributed by atoms with Crippen molar-refractivity contribution in [1.29, 1.82) is 0 Å². The molecule has 0 amide bonds. The SMILES string of the molecule is CCC(C)C(C)NS(=O)(=O)CCCNC. The summed E-state index contributed by atoms with van der Waals surface area (Å²) in [5, 5.41) is 2.94. The minimum atomic E-state index is -3.10. The summed E-state index contributed by atoms with van der Waals surface area (Å²) in [7, 11) is -1.28. The molecule has 0 heterocycles. The van der Waals surface area contributed by atoms with Gasteiger partial charge in [-0.2, -0.15) is 0 Å². The number of hydrogen-bond acceptors (Lipinski definition) is 3. The van der Waals surface area contributed by atoms with Crippen LogP contribution >= 0.6 is 0 Å². The van der Waals surface area contributed by atoms with Crippen LogP contribution in [0.5, 0.6) is 0 Å². The zero-order chi connectivity index (χ0) is 11.9. The lowest BCUT2D eigenvalue weighted by Gasteiger charge is -2.19. The van der Waals surface area contributed by atoms with Crippen LogP contribution in [0.1, 0.15) is 33.6 Å². The van der Waals surface area contributed by atoms with Gasteiger partial charge < -0.3 is 5.32 Å². The van der Waals surface area contributed by atoms with E-state index >= 15 is 0 Å². The van der Waals surface area contributed by atoms with Crippen molar-refractivity contribution in [3.05, 3.63) is 0 Å². The summed E-state index contributed by atoms with van der Waals surface area (Å²) < 4.78 is 25.9. The molecule has 2 N–H and O–H groups in total. The lowest BCUT2D eigenvalue weighted by molar-refractivity contribution is 0.433. The van der Waals surface area contributed by atoms with Gasteiger partial charge in [-0.05, 0) is 32.9 Å². The van der Waals surface area contributed by atoms with Crippen molar-refractivity contribution >= 4 is 10.0 Å². The predicted octanol–water partition coefficient (Wildman–Crippen LogP) is 0.950. The van der Waals surface area contributed by atoms with Crippen LogP contribution in [-0.4, -0.2) is 33.8 Å². The molecule has 0 aliphatic carbocycles. The van der Waals surface area contributed by atoms with Crippen LogP contribution in [0.3, 0.4) is 0 Å². The summed E-state index contributed by atoms with van der Waals surface area (Å²) in [6, 6.07) is 0.0228. The summed E-state index contributed by atoms with van der Waals surface area (Å²) in [4.78, 5) is 0. The normalized spacial score (nSPS) is 16.3. The highest BCUT2D eigenvalue weighted by Gasteiger charge is 2.17. The van der Waals surface area contributed by atoms with Gasteiger partial charge in [-0.1, -0.05) is 20.3 Å². The predicted molar refractivity (Wildman–Crippen MR) is 64.4 cm³/mol. The molecule has 4 nitrogen and oxygen atoms in total. The molecule has 0 rings (SSSR count). The van der Waals surface area contributed by atoms with Crippen molar-refractivity contribution in [2.24, 2.45) is 5.92 Å². The van der Waals surface area contributed by atoms with Crippen LogP contribution in [-0.2, 0) is 10.0 Å². The van der Waals surface area contributed by atoms with Gasteiger partial charge in [-0.25, -0.2) is 13.1 Å². The molecule has 0 saturated heterocycles. The van der Waals surface area contributed by atoms with E-state index < -0.39 is 10.0 Å². The second kappa shape index (κ2) is 7.19. The van der Waals surface area contributed by atoms with Crippen LogP contribution < -0.4 is 10.0 Å². The van der Waals surface area contributed by atoms with Crippen molar-refractivity contribution in [3.8, 4) is 0 Å². The van der Waals surface area contributed by atoms with Crippen LogP contribution in [0.15, 0.2) is 0 Å². The van der Waals surface area contributed by atoms with Gasteiger partial charge in [-0.15, -0.1) is 0 Å². The quantitative estimate of drug-likeness (QED) is 0.617. The van der Waals surface area contributed by atoms with E-state index in [4.69, 9.17) is 0 Å². The first-order valence-electron chi connectivity index (χ1n) is 5.57. The van der Waals surface area contributed by atoms with Gasteiger partial charge >= 0.3 is 0 Å². The van der Waals surface area contributed by atoms with Gasteiger partial charge in [0.05, 0.1) is 5.75 Å². The first-order chi connectivity index (χ1) is 6.93. The fourth-order valence-electron chi connectivity index (χ4n) is 1.25. The van der Waals surface area contributed by atoms with Crippen molar-refractivity contribution in [1.82, 2.24) is 10.0 Å². The maximum absolute atomic E-state index is 11.6. The fraction of sp³-hybridized carbons (Fsp3) is 1.00. The van der Waals surface area contributed by atoms with Gasteiger partial charge in [-0.3, -0.25) is 0 Å². The summed E-state index contributed by atoms with van der Waals surface area (Å²) in [5.74, 6) is 0.582. The van der Waals surface area contributed by atoms with E-state index in [0.29, 0.717) is 12.3 Å². The molecule has 15 heavy (non-hydrogen) atoms. The van der Waals surface area contributed by atoms with Crippen molar-refractivity contribution in [2.45, 2.75) is 39.7 Å². The number of hydrogen-bond donors (Lipinski definition) is 2. The summed E-state index contributed by atoms with van der Waals surface area (Å²) in [6.07, 6.45) is 1.64. The molecule has 92 valence electrons. The average molecular weight is 236 g/mol. The van der Waals surface area contributed by atoms with Crippen LogP contribution in [0, 0.1) is 5.92 Å². The minimum absolute atomic E-state index is 0.0228. The first kappa shape index (κ1) is 14.9. The largest absolute Gasteiger partial charge is 0.320 e. The Bertz CT molecular complexity index is 252. The molecule has 2 unspecified atom stereocenters. The monoisotopic (exact) mass is 236 g/mol. The summed E-state index contributed by atoms with van der Waals surface area (Å²) >= 11 is 0. The molecular formula is C10H24N2O2S. The smallest absolute Gasteiger partial charge is 0.211 e. The van der Waals surface area contributed by atoms with Crippen LogP contribution in [0.2, 0.25) is 0 Å². The Labute approximate surface area is 93.9 Å². The molecule has 0 aromatic heterocycles. The second-order valence-electron chi connectivity index (χ2n) is 4.07. The van der Waals surface area contributed by atoms with E-state index in [2.05, 4.69) is 23.9 Å².